The van der Waals surface area contributed by atoms with Crippen LogP contribution in [0.15, 0.2) is 0 Å². The molecule has 1 aliphatic rings. The second-order valence-corrected chi connectivity index (χ2v) is 7.06. The first kappa shape index (κ1) is 16.5. The Morgan fingerprint density at radius 1 is 1.44 bits per heavy atom. The zero-order valence-corrected chi connectivity index (χ0v) is 13.5. The third-order valence-corrected chi connectivity index (χ3v) is 6.08. The van der Waals surface area contributed by atoms with E-state index in [1.54, 1.807) is 6.42 Å². The Kier molecular flexibility index (Phi) is 7.96. The van der Waals surface area contributed by atoms with Gasteiger partial charge in [-0.2, -0.15) is 0 Å². The topological polar surface area (TPSA) is 37.3 Å². The molecule has 0 amide bonds. The van der Waals surface area contributed by atoms with Crippen LogP contribution in [0.25, 0.3) is 0 Å². The molecule has 1 fully saturated rings. The van der Waals surface area contributed by atoms with Crippen LogP contribution >= 0.6 is 0 Å². The van der Waals surface area contributed by atoms with Crippen molar-refractivity contribution >= 4 is 33.9 Å². The summed E-state index contributed by atoms with van der Waals surface area (Å²) in [6, 6.07) is 0. The van der Waals surface area contributed by atoms with E-state index < -0.39 is 5.97 Å². The molecule has 3 heteroatoms. The molecule has 2 unspecified atom stereocenters. The summed E-state index contributed by atoms with van der Waals surface area (Å²) in [6.07, 6.45) is 7.33. The maximum atomic E-state index is 9.00. The van der Waals surface area contributed by atoms with Crippen LogP contribution in [0.5, 0.6) is 0 Å². The van der Waals surface area contributed by atoms with Gasteiger partial charge >= 0.3 is 95.3 Å². The number of hydrogen-bond donors (Lipinski definition) is 1. The molecule has 0 aliphatic heterocycles. The standard InChI is InChI=1S/C11H21.C2H4O2.Na/c1-4-5-6-7-10-8-9-11(10,2)3;1-2(3)4;/h9-10H,4-8H2,1-3H3;1H3,(H,3,4);. The van der Waals surface area contributed by atoms with E-state index in [4.69, 9.17) is 9.90 Å². The third kappa shape index (κ3) is 5.70. The van der Waals surface area contributed by atoms with Gasteiger partial charge in [0.25, 0.3) is 5.97 Å². The van der Waals surface area contributed by atoms with Gasteiger partial charge in [-0.1, -0.05) is 0 Å². The van der Waals surface area contributed by atoms with Crippen molar-refractivity contribution < 1.29 is 9.90 Å². The number of carboxylic acid groups (broad SMARTS) is 1. The Morgan fingerprint density at radius 3 is 2.25 bits per heavy atom. The third-order valence-electron chi connectivity index (χ3n) is 4.12. The number of rotatable bonds is 4. The van der Waals surface area contributed by atoms with Crippen molar-refractivity contribution in [1.29, 1.82) is 0 Å². The van der Waals surface area contributed by atoms with E-state index in [-0.39, 0.29) is 0 Å². The molecule has 0 aromatic heterocycles. The Bertz CT molecular complexity index is 210. The minimum atomic E-state index is -0.833. The molecule has 0 spiro atoms. The van der Waals surface area contributed by atoms with Crippen LogP contribution in [0.2, 0.25) is 3.17 Å². The van der Waals surface area contributed by atoms with Crippen LogP contribution in [-0.4, -0.2) is 39.0 Å². The SMILES string of the molecule is CC(=O)O.CCCCCC1C[CH]([Na])C1(C)C. The molecule has 0 bridgehead atoms. The zero-order valence-electron chi connectivity index (χ0n) is 11.5. The van der Waals surface area contributed by atoms with Crippen LogP contribution in [0, 0.1) is 11.3 Å². The molecular formula is C13H25NaO2. The zero-order chi connectivity index (χ0) is 12.8. The fourth-order valence-corrected chi connectivity index (χ4v) is 3.45. The van der Waals surface area contributed by atoms with Crippen molar-refractivity contribution in [2.75, 3.05) is 0 Å². The molecule has 0 aromatic carbocycles. The molecule has 2 nitrogen and oxygen atoms in total. The van der Waals surface area contributed by atoms with Gasteiger partial charge in [-0.05, 0) is 0 Å². The van der Waals surface area contributed by atoms with E-state index in [9.17, 15) is 0 Å². The van der Waals surface area contributed by atoms with Crippen LogP contribution in [0.4, 0.5) is 0 Å². The average Bonchev–Trinajstić information content (AvgIpc) is 2.16. The van der Waals surface area contributed by atoms with Gasteiger partial charge in [-0.3, -0.25) is 4.79 Å². The summed E-state index contributed by atoms with van der Waals surface area (Å²) in [5.74, 6) is 0.228. The molecule has 1 saturated carbocycles. The van der Waals surface area contributed by atoms with E-state index in [0.717, 1.165) is 16.0 Å². The number of carbonyl (C=O) groups is 1. The van der Waals surface area contributed by atoms with Gasteiger partial charge in [-0.15, -0.1) is 0 Å². The molecule has 0 aromatic rings. The molecule has 90 valence electrons. The summed E-state index contributed by atoms with van der Waals surface area (Å²) in [4.78, 5) is 9.00. The van der Waals surface area contributed by atoms with Gasteiger partial charge in [0.2, 0.25) is 0 Å². The van der Waals surface area contributed by atoms with Crippen molar-refractivity contribution in [3.63, 3.8) is 0 Å². The number of hydrogen-bond acceptors (Lipinski definition) is 1. The molecule has 0 radical (unpaired) electrons. The van der Waals surface area contributed by atoms with Gasteiger partial charge in [0.15, 0.2) is 0 Å². The predicted octanol–water partition coefficient (Wildman–Crippen LogP) is 3.66. The van der Waals surface area contributed by atoms with Crippen LogP contribution < -0.4 is 0 Å². The first-order chi connectivity index (χ1) is 7.32. The van der Waals surface area contributed by atoms with Gasteiger partial charge in [-0.25, -0.2) is 0 Å². The van der Waals surface area contributed by atoms with Crippen molar-refractivity contribution in [3.05, 3.63) is 0 Å². The average molecular weight is 236 g/mol. The van der Waals surface area contributed by atoms with Gasteiger partial charge < -0.3 is 5.11 Å². The maximum absolute atomic E-state index is 9.00. The van der Waals surface area contributed by atoms with Gasteiger partial charge in [0.05, 0.1) is 0 Å². The van der Waals surface area contributed by atoms with Crippen LogP contribution in [-0.2, 0) is 4.79 Å². The molecule has 0 heterocycles. The summed E-state index contributed by atoms with van der Waals surface area (Å²) in [7, 11) is 0. The number of carboxylic acids is 1. The first-order valence-corrected chi connectivity index (χ1v) is 7.67. The Morgan fingerprint density at radius 2 is 1.94 bits per heavy atom. The summed E-state index contributed by atoms with van der Waals surface area (Å²) in [5.41, 5.74) is 0.708. The Balaban J connectivity index is 0.000000487. The summed E-state index contributed by atoms with van der Waals surface area (Å²) in [6.45, 7) is 8.33. The van der Waals surface area contributed by atoms with E-state index in [1.807, 2.05) is 0 Å². The van der Waals surface area contributed by atoms with E-state index in [0.29, 0.717) is 5.41 Å². The fourth-order valence-electron chi connectivity index (χ4n) is 2.41. The second-order valence-electron chi connectivity index (χ2n) is 5.67. The number of aliphatic carboxylic acids is 1. The summed E-state index contributed by atoms with van der Waals surface area (Å²) >= 11 is 1.41. The molecule has 0 saturated heterocycles. The molecule has 2 atom stereocenters. The molecule has 1 N–H and O–H groups in total. The normalized spacial score (nSPS) is 26.4. The summed E-state index contributed by atoms with van der Waals surface area (Å²) < 4.78 is 1.10. The Labute approximate surface area is 118 Å². The molecule has 1 rings (SSSR count). The van der Waals surface area contributed by atoms with Crippen molar-refractivity contribution in [2.45, 2.75) is 63.0 Å². The first-order valence-electron chi connectivity index (χ1n) is 6.51. The molecular weight excluding hydrogens is 211 g/mol. The van der Waals surface area contributed by atoms with Crippen molar-refractivity contribution in [3.8, 4) is 0 Å². The predicted molar refractivity (Wildman–Crippen MR) is 68.8 cm³/mol. The van der Waals surface area contributed by atoms with Crippen LogP contribution in [0.1, 0.15) is 59.8 Å². The fraction of sp³-hybridized carbons (Fsp3) is 0.923. The summed E-state index contributed by atoms with van der Waals surface area (Å²) in [5, 5.41) is 7.42. The second kappa shape index (κ2) is 7.73. The minimum absolute atomic E-state index is 0.708. The van der Waals surface area contributed by atoms with Crippen LogP contribution in [0.3, 0.4) is 0 Å². The van der Waals surface area contributed by atoms with Gasteiger partial charge in [0.1, 0.15) is 0 Å². The Hall–Kier alpha value is 0.470. The van der Waals surface area contributed by atoms with E-state index in [2.05, 4.69) is 20.8 Å². The quantitative estimate of drug-likeness (QED) is 0.597. The molecule has 16 heavy (non-hydrogen) atoms. The van der Waals surface area contributed by atoms with Crippen molar-refractivity contribution in [2.24, 2.45) is 11.3 Å². The van der Waals surface area contributed by atoms with Gasteiger partial charge in [0, 0.05) is 6.92 Å². The van der Waals surface area contributed by atoms with Crippen molar-refractivity contribution in [1.82, 2.24) is 0 Å². The molecule has 1 aliphatic carbocycles. The van der Waals surface area contributed by atoms with E-state index >= 15 is 0 Å². The van der Waals surface area contributed by atoms with E-state index in [1.165, 1.54) is 53.6 Å². The monoisotopic (exact) mass is 236 g/mol. The number of unbranched alkanes of at least 4 members (excludes halogenated alkanes) is 2.